The van der Waals surface area contributed by atoms with Crippen molar-refractivity contribution in [2.75, 3.05) is 32.6 Å². The van der Waals surface area contributed by atoms with Crippen LogP contribution in [-0.4, -0.2) is 48.0 Å². The Morgan fingerprint density at radius 1 is 1.20 bits per heavy atom. The minimum Gasteiger partial charge on any atom is -0.476 e. The number of hydrogen-bond acceptors (Lipinski definition) is 7. The standard InChI is InChI=1S/C20H21F2N5O2S/c1-27(2)5-6-29-18-7-13(3-4-23-18)11-24-19(28)17-12-30-20(26-17)25-16-9-14(21)8-15(22)10-16/h3-4,7-10,12H,5-6,11H2,1-2H3,(H,24,28)(H,25,26). The van der Waals surface area contributed by atoms with E-state index in [4.69, 9.17) is 4.74 Å². The third-order valence-electron chi connectivity index (χ3n) is 3.89. The molecule has 1 amide bonds. The summed E-state index contributed by atoms with van der Waals surface area (Å²) >= 11 is 1.16. The molecule has 0 aliphatic carbocycles. The van der Waals surface area contributed by atoms with Crippen LogP contribution in [0.3, 0.4) is 0 Å². The fourth-order valence-corrected chi connectivity index (χ4v) is 3.14. The van der Waals surface area contributed by atoms with Crippen LogP contribution in [0.1, 0.15) is 16.1 Å². The van der Waals surface area contributed by atoms with Gasteiger partial charge >= 0.3 is 0 Å². The lowest BCUT2D eigenvalue weighted by Gasteiger charge is -2.11. The first-order valence-corrected chi connectivity index (χ1v) is 9.96. The van der Waals surface area contributed by atoms with Crippen molar-refractivity contribution in [2.24, 2.45) is 0 Å². The molecule has 0 aliphatic rings. The Morgan fingerprint density at radius 3 is 2.70 bits per heavy atom. The number of rotatable bonds is 9. The zero-order valence-corrected chi connectivity index (χ0v) is 17.3. The average molecular weight is 433 g/mol. The van der Waals surface area contributed by atoms with Crippen molar-refractivity contribution in [3.8, 4) is 5.88 Å². The molecule has 158 valence electrons. The monoisotopic (exact) mass is 433 g/mol. The first-order chi connectivity index (χ1) is 14.4. The topological polar surface area (TPSA) is 79.4 Å². The largest absolute Gasteiger partial charge is 0.476 e. The number of halogens is 2. The number of ether oxygens (including phenoxy) is 1. The number of carbonyl (C=O) groups is 1. The normalized spacial score (nSPS) is 10.8. The molecule has 0 bridgehead atoms. The lowest BCUT2D eigenvalue weighted by molar-refractivity contribution is 0.0946. The van der Waals surface area contributed by atoms with Crippen molar-refractivity contribution in [1.29, 1.82) is 0 Å². The van der Waals surface area contributed by atoms with Gasteiger partial charge in [-0.05, 0) is 37.9 Å². The Bertz CT molecular complexity index is 992. The van der Waals surface area contributed by atoms with E-state index in [0.717, 1.165) is 41.6 Å². The Labute approximate surface area is 176 Å². The number of carbonyl (C=O) groups excluding carboxylic acids is 1. The van der Waals surface area contributed by atoms with E-state index in [1.54, 1.807) is 23.7 Å². The highest BCUT2D eigenvalue weighted by atomic mass is 32.1. The Kier molecular flexibility index (Phi) is 7.26. The van der Waals surface area contributed by atoms with Gasteiger partial charge in [-0.25, -0.2) is 18.7 Å². The number of benzene rings is 1. The second-order valence-corrected chi connectivity index (χ2v) is 7.52. The summed E-state index contributed by atoms with van der Waals surface area (Å²) in [6.45, 7) is 1.56. The SMILES string of the molecule is CN(C)CCOc1cc(CNC(=O)c2csc(Nc3cc(F)cc(F)c3)n2)ccn1. The number of likely N-dealkylation sites (N-methyl/N-ethyl adjacent to an activating group) is 1. The van der Waals surface area contributed by atoms with E-state index in [1.807, 2.05) is 19.0 Å². The van der Waals surface area contributed by atoms with Gasteiger partial charge in [0.2, 0.25) is 5.88 Å². The molecule has 2 N–H and O–H groups in total. The molecule has 1 aromatic carbocycles. The zero-order valence-electron chi connectivity index (χ0n) is 16.5. The third kappa shape index (κ3) is 6.46. The molecular formula is C20H21F2N5O2S. The van der Waals surface area contributed by atoms with Gasteiger partial charge in [-0.2, -0.15) is 0 Å². The highest BCUT2D eigenvalue weighted by Crippen LogP contribution is 2.22. The van der Waals surface area contributed by atoms with Gasteiger partial charge in [0.1, 0.15) is 23.9 Å². The molecule has 2 heterocycles. The van der Waals surface area contributed by atoms with Gasteiger partial charge in [0.05, 0.1) is 0 Å². The predicted molar refractivity (Wildman–Crippen MR) is 111 cm³/mol. The molecule has 2 aromatic heterocycles. The van der Waals surface area contributed by atoms with Crippen LogP contribution in [0.15, 0.2) is 41.9 Å². The Morgan fingerprint density at radius 2 is 1.97 bits per heavy atom. The van der Waals surface area contributed by atoms with Crippen LogP contribution in [-0.2, 0) is 6.54 Å². The van der Waals surface area contributed by atoms with Gasteiger partial charge in [-0.15, -0.1) is 11.3 Å². The number of anilines is 2. The molecule has 0 fully saturated rings. The van der Waals surface area contributed by atoms with E-state index in [-0.39, 0.29) is 23.8 Å². The van der Waals surface area contributed by atoms with Gasteiger partial charge in [-0.3, -0.25) is 4.79 Å². The van der Waals surface area contributed by atoms with Crippen molar-refractivity contribution in [3.05, 3.63) is 64.8 Å². The van der Waals surface area contributed by atoms with Crippen molar-refractivity contribution in [2.45, 2.75) is 6.54 Å². The van der Waals surface area contributed by atoms with E-state index in [9.17, 15) is 13.6 Å². The number of pyridine rings is 1. The predicted octanol–water partition coefficient (Wildman–Crippen LogP) is 3.43. The molecule has 0 spiro atoms. The molecule has 0 radical (unpaired) electrons. The van der Waals surface area contributed by atoms with Crippen LogP contribution in [0, 0.1) is 11.6 Å². The number of thiazole rings is 1. The number of nitrogens with one attached hydrogen (secondary N) is 2. The number of aromatic nitrogens is 2. The third-order valence-corrected chi connectivity index (χ3v) is 4.65. The number of nitrogens with zero attached hydrogens (tertiary/aromatic N) is 3. The summed E-state index contributed by atoms with van der Waals surface area (Å²) in [4.78, 5) is 22.7. The lowest BCUT2D eigenvalue weighted by Crippen LogP contribution is -2.23. The summed E-state index contributed by atoms with van der Waals surface area (Å²) in [5.41, 5.74) is 1.25. The zero-order chi connectivity index (χ0) is 21.5. The van der Waals surface area contributed by atoms with Crippen molar-refractivity contribution >= 4 is 28.1 Å². The molecular weight excluding hydrogens is 412 g/mol. The molecule has 0 saturated heterocycles. The van der Waals surface area contributed by atoms with E-state index in [1.165, 1.54) is 0 Å². The van der Waals surface area contributed by atoms with Gasteiger partial charge < -0.3 is 20.3 Å². The minimum absolute atomic E-state index is 0.205. The lowest BCUT2D eigenvalue weighted by atomic mass is 10.2. The summed E-state index contributed by atoms with van der Waals surface area (Å²) in [5.74, 6) is -1.27. The smallest absolute Gasteiger partial charge is 0.271 e. The van der Waals surface area contributed by atoms with Crippen LogP contribution in [0.25, 0.3) is 0 Å². The maximum atomic E-state index is 13.3. The van der Waals surface area contributed by atoms with Gasteiger partial charge in [0, 0.05) is 42.5 Å². The van der Waals surface area contributed by atoms with E-state index in [0.29, 0.717) is 17.6 Å². The molecule has 0 unspecified atom stereocenters. The highest BCUT2D eigenvalue weighted by molar-refractivity contribution is 7.14. The molecule has 3 aromatic rings. The fraction of sp³-hybridized carbons (Fsp3) is 0.250. The van der Waals surface area contributed by atoms with Crippen LogP contribution in [0.5, 0.6) is 5.88 Å². The van der Waals surface area contributed by atoms with Crippen molar-refractivity contribution in [3.63, 3.8) is 0 Å². The van der Waals surface area contributed by atoms with E-state index < -0.39 is 11.6 Å². The molecule has 0 saturated carbocycles. The van der Waals surface area contributed by atoms with Gasteiger partial charge in [0.25, 0.3) is 5.91 Å². The van der Waals surface area contributed by atoms with Crippen molar-refractivity contribution in [1.82, 2.24) is 20.2 Å². The molecule has 7 nitrogen and oxygen atoms in total. The van der Waals surface area contributed by atoms with E-state index >= 15 is 0 Å². The molecule has 0 atom stereocenters. The maximum absolute atomic E-state index is 13.3. The molecule has 30 heavy (non-hydrogen) atoms. The second-order valence-electron chi connectivity index (χ2n) is 6.66. The van der Waals surface area contributed by atoms with Crippen LogP contribution >= 0.6 is 11.3 Å². The van der Waals surface area contributed by atoms with Gasteiger partial charge in [0.15, 0.2) is 5.13 Å². The van der Waals surface area contributed by atoms with Crippen LogP contribution in [0.4, 0.5) is 19.6 Å². The van der Waals surface area contributed by atoms with Crippen molar-refractivity contribution < 1.29 is 18.3 Å². The van der Waals surface area contributed by atoms with Crippen LogP contribution in [0.2, 0.25) is 0 Å². The molecule has 10 heteroatoms. The van der Waals surface area contributed by atoms with Gasteiger partial charge in [-0.1, -0.05) is 0 Å². The van der Waals surface area contributed by atoms with E-state index in [2.05, 4.69) is 20.6 Å². The quantitative estimate of drug-likeness (QED) is 0.538. The minimum atomic E-state index is -0.700. The average Bonchev–Trinajstić information content (AvgIpc) is 3.14. The van der Waals surface area contributed by atoms with Crippen LogP contribution < -0.4 is 15.4 Å². The fourth-order valence-electron chi connectivity index (χ4n) is 2.43. The molecule has 3 rings (SSSR count). The summed E-state index contributed by atoms with van der Waals surface area (Å²) < 4.78 is 32.2. The number of hydrogen-bond donors (Lipinski definition) is 2. The summed E-state index contributed by atoms with van der Waals surface area (Å²) in [6.07, 6.45) is 1.62. The summed E-state index contributed by atoms with van der Waals surface area (Å²) in [6, 6.07) is 6.62. The first kappa shape index (κ1) is 21.6. The maximum Gasteiger partial charge on any atom is 0.271 e. The number of amides is 1. The second kappa shape index (κ2) is 10.1. The Balaban J connectivity index is 1.54. The molecule has 0 aliphatic heterocycles. The highest BCUT2D eigenvalue weighted by Gasteiger charge is 2.12. The Hall–Kier alpha value is -3.11. The summed E-state index contributed by atoms with van der Waals surface area (Å²) in [5, 5.41) is 7.48. The summed E-state index contributed by atoms with van der Waals surface area (Å²) in [7, 11) is 3.91. The first-order valence-electron chi connectivity index (χ1n) is 9.08.